The van der Waals surface area contributed by atoms with E-state index in [1.165, 1.54) is 16.4 Å². The molecular formula is C21H25ClN2O3S. The van der Waals surface area contributed by atoms with E-state index < -0.39 is 10.0 Å². The van der Waals surface area contributed by atoms with Crippen molar-refractivity contribution < 1.29 is 13.2 Å². The summed E-state index contributed by atoms with van der Waals surface area (Å²) < 4.78 is 27.6. The summed E-state index contributed by atoms with van der Waals surface area (Å²) in [7, 11) is -3.64. The normalized spacial score (nSPS) is 18.0. The fourth-order valence-corrected chi connectivity index (χ4v) is 5.33. The zero-order valence-electron chi connectivity index (χ0n) is 15.7. The summed E-state index contributed by atoms with van der Waals surface area (Å²) in [4.78, 5) is 12.6. The number of hydrogen-bond donors (Lipinski definition) is 1. The number of halogens is 1. The predicted molar refractivity (Wildman–Crippen MR) is 111 cm³/mol. The molecule has 1 aliphatic heterocycles. The molecule has 150 valence electrons. The highest BCUT2D eigenvalue weighted by molar-refractivity contribution is 7.89. The number of piperidine rings is 1. The van der Waals surface area contributed by atoms with E-state index in [2.05, 4.69) is 5.32 Å². The molecule has 0 spiro atoms. The Kier molecular flexibility index (Phi) is 7.10. The first-order valence-electron chi connectivity index (χ1n) is 9.55. The molecule has 1 N–H and O–H groups in total. The number of hydrogen-bond acceptors (Lipinski definition) is 3. The Bertz CT molecular complexity index is 886. The van der Waals surface area contributed by atoms with Crippen LogP contribution in [0.15, 0.2) is 59.5 Å². The first-order chi connectivity index (χ1) is 13.5. The third-order valence-electron chi connectivity index (χ3n) is 4.99. The maximum Gasteiger partial charge on any atom is 0.243 e. The molecule has 1 amide bonds. The van der Waals surface area contributed by atoms with Crippen molar-refractivity contribution in [2.24, 2.45) is 0 Å². The molecule has 3 rings (SSSR count). The fourth-order valence-electron chi connectivity index (χ4n) is 3.51. The first-order valence-corrected chi connectivity index (χ1v) is 11.4. The molecule has 0 unspecified atom stereocenters. The van der Waals surface area contributed by atoms with E-state index in [4.69, 9.17) is 11.6 Å². The minimum absolute atomic E-state index is 0.112. The molecule has 5 nitrogen and oxygen atoms in total. The Balaban J connectivity index is 1.61. The van der Waals surface area contributed by atoms with Gasteiger partial charge in [0.05, 0.1) is 4.90 Å². The summed E-state index contributed by atoms with van der Waals surface area (Å²) in [5.41, 5.74) is 1.16. The summed E-state index contributed by atoms with van der Waals surface area (Å²) in [5, 5.41) is 3.41. The summed E-state index contributed by atoms with van der Waals surface area (Å²) >= 11 is 5.88. The lowest BCUT2D eigenvalue weighted by Crippen LogP contribution is -2.46. The molecule has 1 atom stereocenters. The molecule has 0 saturated carbocycles. The van der Waals surface area contributed by atoms with E-state index in [1.807, 2.05) is 30.3 Å². The SMILES string of the molecule is O=C(C[C@H]1CCCCN1S(=O)(=O)c1ccc(Cl)cc1)NCCc1ccccc1. The molecule has 0 aliphatic carbocycles. The Morgan fingerprint density at radius 3 is 2.50 bits per heavy atom. The van der Waals surface area contributed by atoms with Gasteiger partial charge in [0.2, 0.25) is 15.9 Å². The standard InChI is InChI=1S/C21H25ClN2O3S/c22-18-9-11-20(12-10-18)28(26,27)24-15-5-4-8-19(24)16-21(25)23-14-13-17-6-2-1-3-7-17/h1-3,6-7,9-12,19H,4-5,8,13-16H2,(H,23,25)/t19-/m1/s1. The maximum atomic E-state index is 13.0. The van der Waals surface area contributed by atoms with Gasteiger partial charge < -0.3 is 5.32 Å². The van der Waals surface area contributed by atoms with Gasteiger partial charge in [-0.25, -0.2) is 8.42 Å². The van der Waals surface area contributed by atoms with Crippen LogP contribution in [-0.2, 0) is 21.2 Å². The molecule has 7 heteroatoms. The van der Waals surface area contributed by atoms with Crippen molar-refractivity contribution >= 4 is 27.5 Å². The van der Waals surface area contributed by atoms with Crippen molar-refractivity contribution in [3.05, 3.63) is 65.2 Å². The molecule has 0 bridgehead atoms. The van der Waals surface area contributed by atoms with E-state index in [0.29, 0.717) is 24.5 Å². The molecule has 1 aliphatic rings. The molecule has 1 heterocycles. The lowest BCUT2D eigenvalue weighted by atomic mass is 10.0. The highest BCUT2D eigenvalue weighted by atomic mass is 35.5. The molecule has 2 aromatic carbocycles. The smallest absolute Gasteiger partial charge is 0.243 e. The van der Waals surface area contributed by atoms with Gasteiger partial charge in [0.1, 0.15) is 0 Å². The van der Waals surface area contributed by atoms with E-state index >= 15 is 0 Å². The van der Waals surface area contributed by atoms with Crippen LogP contribution >= 0.6 is 11.6 Å². The number of carbonyl (C=O) groups is 1. The van der Waals surface area contributed by atoms with E-state index in [1.54, 1.807) is 12.1 Å². The second kappa shape index (κ2) is 9.54. The number of nitrogens with one attached hydrogen (secondary N) is 1. The van der Waals surface area contributed by atoms with Crippen LogP contribution in [0.25, 0.3) is 0 Å². The molecule has 1 fully saturated rings. The van der Waals surface area contributed by atoms with E-state index in [-0.39, 0.29) is 23.3 Å². The quantitative estimate of drug-likeness (QED) is 0.743. The van der Waals surface area contributed by atoms with Crippen molar-refractivity contribution in [3.63, 3.8) is 0 Å². The summed E-state index contributed by atoms with van der Waals surface area (Å²) in [6, 6.07) is 15.8. The fraction of sp³-hybridized carbons (Fsp3) is 0.381. The van der Waals surface area contributed by atoms with Crippen molar-refractivity contribution in [1.82, 2.24) is 9.62 Å². The van der Waals surface area contributed by atoms with E-state index in [0.717, 1.165) is 24.8 Å². The molecule has 1 saturated heterocycles. The topological polar surface area (TPSA) is 66.5 Å². The Morgan fingerprint density at radius 2 is 1.79 bits per heavy atom. The third kappa shape index (κ3) is 5.34. The Hall–Kier alpha value is -1.89. The Morgan fingerprint density at radius 1 is 1.07 bits per heavy atom. The maximum absolute atomic E-state index is 13.0. The van der Waals surface area contributed by atoms with Crippen LogP contribution in [-0.4, -0.2) is 37.8 Å². The Labute approximate surface area is 171 Å². The zero-order valence-corrected chi connectivity index (χ0v) is 17.3. The van der Waals surface area contributed by atoms with Crippen molar-refractivity contribution in [1.29, 1.82) is 0 Å². The number of carbonyl (C=O) groups excluding carboxylic acids is 1. The van der Waals surface area contributed by atoms with Gasteiger partial charge >= 0.3 is 0 Å². The van der Waals surface area contributed by atoms with Gasteiger partial charge in [-0.1, -0.05) is 48.4 Å². The number of rotatable bonds is 7. The van der Waals surface area contributed by atoms with Crippen LogP contribution < -0.4 is 5.32 Å². The summed E-state index contributed by atoms with van der Waals surface area (Å²) in [5.74, 6) is -0.112. The minimum atomic E-state index is -3.64. The van der Waals surface area contributed by atoms with Gasteiger partial charge in [0.15, 0.2) is 0 Å². The largest absolute Gasteiger partial charge is 0.356 e. The van der Waals surface area contributed by atoms with Crippen LogP contribution in [0.1, 0.15) is 31.2 Å². The van der Waals surface area contributed by atoms with Crippen molar-refractivity contribution in [3.8, 4) is 0 Å². The van der Waals surface area contributed by atoms with E-state index in [9.17, 15) is 13.2 Å². The first kappa shape index (κ1) is 20.8. The van der Waals surface area contributed by atoms with Gasteiger partial charge in [0, 0.05) is 30.6 Å². The van der Waals surface area contributed by atoms with Gasteiger partial charge in [0.25, 0.3) is 0 Å². The highest BCUT2D eigenvalue weighted by Crippen LogP contribution is 2.27. The number of nitrogens with zero attached hydrogens (tertiary/aromatic N) is 1. The predicted octanol–water partition coefficient (Wildman–Crippen LogP) is 3.63. The van der Waals surface area contributed by atoms with Crippen molar-refractivity contribution in [2.75, 3.05) is 13.1 Å². The van der Waals surface area contributed by atoms with Gasteiger partial charge in [-0.3, -0.25) is 4.79 Å². The summed E-state index contributed by atoms with van der Waals surface area (Å²) in [6.07, 6.45) is 3.36. The van der Waals surface area contributed by atoms with Gasteiger partial charge in [-0.15, -0.1) is 0 Å². The molecule has 2 aromatic rings. The van der Waals surface area contributed by atoms with Crippen molar-refractivity contribution in [2.45, 2.75) is 43.0 Å². The number of sulfonamides is 1. The monoisotopic (exact) mass is 420 g/mol. The zero-order chi connectivity index (χ0) is 20.0. The van der Waals surface area contributed by atoms with Crippen LogP contribution in [0.5, 0.6) is 0 Å². The minimum Gasteiger partial charge on any atom is -0.356 e. The van der Waals surface area contributed by atoms with Gasteiger partial charge in [-0.2, -0.15) is 4.31 Å². The average Bonchev–Trinajstić information content (AvgIpc) is 2.69. The lowest BCUT2D eigenvalue weighted by Gasteiger charge is -2.34. The number of amides is 1. The molecule has 0 radical (unpaired) electrons. The third-order valence-corrected chi connectivity index (χ3v) is 7.21. The highest BCUT2D eigenvalue weighted by Gasteiger charge is 2.34. The van der Waals surface area contributed by atoms with Crippen LogP contribution in [0.4, 0.5) is 0 Å². The summed E-state index contributed by atoms with van der Waals surface area (Å²) in [6.45, 7) is 0.979. The van der Waals surface area contributed by atoms with Crippen LogP contribution in [0, 0.1) is 0 Å². The van der Waals surface area contributed by atoms with Crippen LogP contribution in [0.2, 0.25) is 5.02 Å². The molecule has 28 heavy (non-hydrogen) atoms. The molecule has 0 aromatic heterocycles. The number of benzene rings is 2. The van der Waals surface area contributed by atoms with Crippen LogP contribution in [0.3, 0.4) is 0 Å². The van der Waals surface area contributed by atoms with Gasteiger partial charge in [-0.05, 0) is 49.1 Å². The second-order valence-electron chi connectivity index (χ2n) is 7.01. The second-order valence-corrected chi connectivity index (χ2v) is 9.34. The lowest BCUT2D eigenvalue weighted by molar-refractivity contribution is -0.122. The molecular weight excluding hydrogens is 396 g/mol. The average molecular weight is 421 g/mol.